The summed E-state index contributed by atoms with van der Waals surface area (Å²) in [5.74, 6) is 1.55. The van der Waals surface area contributed by atoms with Gasteiger partial charge in [0.1, 0.15) is 5.82 Å². The van der Waals surface area contributed by atoms with E-state index in [0.717, 1.165) is 29.4 Å². The molecule has 1 aliphatic carbocycles. The molecule has 0 unspecified atom stereocenters. The summed E-state index contributed by atoms with van der Waals surface area (Å²) in [6.07, 6.45) is 4.15. The van der Waals surface area contributed by atoms with Crippen molar-refractivity contribution < 1.29 is 4.79 Å². The Bertz CT molecular complexity index is 880. The van der Waals surface area contributed by atoms with E-state index in [0.29, 0.717) is 11.8 Å². The van der Waals surface area contributed by atoms with E-state index in [1.165, 1.54) is 35.0 Å². The fourth-order valence-electron chi connectivity index (χ4n) is 2.93. The van der Waals surface area contributed by atoms with E-state index in [1.54, 1.807) is 11.3 Å². The van der Waals surface area contributed by atoms with E-state index in [-0.39, 0.29) is 5.78 Å². The molecule has 0 radical (unpaired) electrons. The topological polar surface area (TPSA) is 47.8 Å². The number of hydrogen-bond donors (Lipinski definition) is 0. The number of nitrogens with zero attached hydrogens (tertiary/aromatic N) is 3. The number of thiophene rings is 1. The summed E-state index contributed by atoms with van der Waals surface area (Å²) in [6.45, 7) is 2.12. The highest BCUT2D eigenvalue weighted by Crippen LogP contribution is 2.39. The van der Waals surface area contributed by atoms with Gasteiger partial charge in [-0.1, -0.05) is 49.0 Å². The van der Waals surface area contributed by atoms with Crippen molar-refractivity contribution in [3.63, 3.8) is 0 Å². The van der Waals surface area contributed by atoms with Crippen LogP contribution >= 0.6 is 23.1 Å². The summed E-state index contributed by atoms with van der Waals surface area (Å²) < 4.78 is 2.25. The number of Topliss-reactive ketones (excluding diaryl/α,β-unsaturated/α-hetero) is 1. The van der Waals surface area contributed by atoms with Gasteiger partial charge >= 0.3 is 0 Å². The van der Waals surface area contributed by atoms with Gasteiger partial charge < -0.3 is 4.57 Å². The van der Waals surface area contributed by atoms with Crippen molar-refractivity contribution in [2.45, 2.75) is 43.8 Å². The van der Waals surface area contributed by atoms with Gasteiger partial charge in [-0.2, -0.15) is 0 Å². The Balaban J connectivity index is 1.45. The Morgan fingerprint density at radius 2 is 2.04 bits per heavy atom. The standard InChI is InChI=1S/C20H21N3OS2/c1-2-14-5-7-15(8-6-14)18(24)13-26-20-22-21-19(23(20)16-9-10-16)12-17-4-3-11-25-17/h3-8,11,16H,2,9-10,12-13H2,1H3. The molecule has 0 saturated heterocycles. The fourth-order valence-corrected chi connectivity index (χ4v) is 4.56. The zero-order chi connectivity index (χ0) is 17.9. The summed E-state index contributed by atoms with van der Waals surface area (Å²) in [6, 6.07) is 12.6. The number of ketones is 1. The summed E-state index contributed by atoms with van der Waals surface area (Å²) in [7, 11) is 0. The summed E-state index contributed by atoms with van der Waals surface area (Å²) in [4.78, 5) is 13.8. The third-order valence-corrected chi connectivity index (χ3v) is 6.40. The molecule has 4 nitrogen and oxygen atoms in total. The summed E-state index contributed by atoms with van der Waals surface area (Å²) in [5, 5.41) is 11.8. The Morgan fingerprint density at radius 1 is 1.23 bits per heavy atom. The monoisotopic (exact) mass is 383 g/mol. The quantitative estimate of drug-likeness (QED) is 0.414. The van der Waals surface area contributed by atoms with E-state index in [9.17, 15) is 4.79 Å². The molecule has 1 saturated carbocycles. The molecule has 4 rings (SSSR count). The Kier molecular flexibility index (Phi) is 5.22. The Labute approximate surface area is 161 Å². The van der Waals surface area contributed by atoms with Gasteiger partial charge in [-0.25, -0.2) is 0 Å². The average molecular weight is 384 g/mol. The molecule has 1 aliphatic rings. The molecule has 1 fully saturated rings. The van der Waals surface area contributed by atoms with Crippen LogP contribution in [0, 0.1) is 0 Å². The number of benzene rings is 1. The van der Waals surface area contributed by atoms with Gasteiger partial charge in [0.25, 0.3) is 0 Å². The first kappa shape index (κ1) is 17.5. The van der Waals surface area contributed by atoms with Crippen molar-refractivity contribution in [2.75, 3.05) is 5.75 Å². The number of aromatic nitrogens is 3. The third kappa shape index (κ3) is 3.91. The first-order valence-corrected chi connectivity index (χ1v) is 10.8. The van der Waals surface area contributed by atoms with E-state index in [1.807, 2.05) is 24.3 Å². The van der Waals surface area contributed by atoms with Gasteiger partial charge in [-0.3, -0.25) is 4.79 Å². The number of hydrogen-bond acceptors (Lipinski definition) is 5. The molecule has 0 spiro atoms. The lowest BCUT2D eigenvalue weighted by molar-refractivity contribution is 0.102. The lowest BCUT2D eigenvalue weighted by Gasteiger charge is -2.08. The average Bonchev–Trinajstić information content (AvgIpc) is 3.22. The Hall–Kier alpha value is -1.92. The van der Waals surface area contributed by atoms with Gasteiger partial charge in [-0.15, -0.1) is 21.5 Å². The minimum Gasteiger partial charge on any atom is -0.303 e. The van der Waals surface area contributed by atoms with Crippen LogP contribution in [0.15, 0.2) is 46.9 Å². The van der Waals surface area contributed by atoms with Crippen LogP contribution in [-0.2, 0) is 12.8 Å². The SMILES string of the molecule is CCc1ccc(C(=O)CSc2nnc(Cc3cccs3)n2C2CC2)cc1. The second-order valence-corrected chi connectivity index (χ2v) is 8.49. The van der Waals surface area contributed by atoms with Crippen LogP contribution in [0.4, 0.5) is 0 Å². The van der Waals surface area contributed by atoms with Crippen molar-refractivity contribution >= 4 is 28.9 Å². The normalized spacial score (nSPS) is 13.9. The molecule has 3 aromatic rings. The van der Waals surface area contributed by atoms with Crippen LogP contribution in [0.25, 0.3) is 0 Å². The molecule has 2 heterocycles. The van der Waals surface area contributed by atoms with Gasteiger partial charge in [0.15, 0.2) is 10.9 Å². The highest BCUT2D eigenvalue weighted by Gasteiger charge is 2.30. The van der Waals surface area contributed by atoms with Gasteiger partial charge in [0, 0.05) is 22.9 Å². The molecule has 26 heavy (non-hydrogen) atoms. The van der Waals surface area contributed by atoms with Crippen LogP contribution in [0.3, 0.4) is 0 Å². The molecule has 0 bridgehead atoms. The molecule has 0 atom stereocenters. The highest BCUT2D eigenvalue weighted by molar-refractivity contribution is 7.99. The maximum atomic E-state index is 12.5. The van der Waals surface area contributed by atoms with Crippen molar-refractivity contribution in [1.82, 2.24) is 14.8 Å². The van der Waals surface area contributed by atoms with Crippen LogP contribution < -0.4 is 0 Å². The number of rotatable bonds is 8. The van der Waals surface area contributed by atoms with E-state index >= 15 is 0 Å². The highest BCUT2D eigenvalue weighted by atomic mass is 32.2. The van der Waals surface area contributed by atoms with Crippen molar-refractivity contribution in [3.8, 4) is 0 Å². The smallest absolute Gasteiger partial charge is 0.191 e. The first-order valence-electron chi connectivity index (χ1n) is 8.95. The second-order valence-electron chi connectivity index (χ2n) is 6.52. The summed E-state index contributed by atoms with van der Waals surface area (Å²) >= 11 is 3.25. The third-order valence-electron chi connectivity index (χ3n) is 4.58. The molecule has 0 N–H and O–H groups in total. The fraction of sp³-hybridized carbons (Fsp3) is 0.350. The van der Waals surface area contributed by atoms with Gasteiger partial charge in [0.2, 0.25) is 0 Å². The molecule has 1 aromatic carbocycles. The number of thioether (sulfide) groups is 1. The number of aryl methyl sites for hydroxylation is 1. The lowest BCUT2D eigenvalue weighted by Crippen LogP contribution is -2.06. The van der Waals surface area contributed by atoms with E-state index in [2.05, 4.69) is 39.2 Å². The van der Waals surface area contributed by atoms with Crippen LogP contribution in [0.5, 0.6) is 0 Å². The molecule has 2 aromatic heterocycles. The van der Waals surface area contributed by atoms with Crippen molar-refractivity contribution in [2.24, 2.45) is 0 Å². The lowest BCUT2D eigenvalue weighted by atomic mass is 10.1. The molecule has 0 amide bonds. The number of carbonyl (C=O) groups excluding carboxylic acids is 1. The summed E-state index contributed by atoms with van der Waals surface area (Å²) in [5.41, 5.74) is 2.02. The minimum atomic E-state index is 0.141. The molecular formula is C20H21N3OS2. The zero-order valence-corrected chi connectivity index (χ0v) is 16.4. The van der Waals surface area contributed by atoms with Crippen molar-refractivity contribution in [3.05, 3.63) is 63.6 Å². The molecule has 134 valence electrons. The second kappa shape index (κ2) is 7.76. The largest absolute Gasteiger partial charge is 0.303 e. The van der Waals surface area contributed by atoms with Crippen LogP contribution in [0.1, 0.15) is 52.4 Å². The Morgan fingerprint density at radius 3 is 2.69 bits per heavy atom. The molecule has 6 heteroatoms. The molecular weight excluding hydrogens is 362 g/mol. The predicted molar refractivity (Wildman–Crippen MR) is 106 cm³/mol. The maximum Gasteiger partial charge on any atom is 0.191 e. The van der Waals surface area contributed by atoms with Crippen molar-refractivity contribution in [1.29, 1.82) is 0 Å². The van der Waals surface area contributed by atoms with E-state index < -0.39 is 0 Å². The van der Waals surface area contributed by atoms with E-state index in [4.69, 9.17) is 0 Å². The maximum absolute atomic E-state index is 12.5. The first-order chi connectivity index (χ1) is 12.7. The zero-order valence-electron chi connectivity index (χ0n) is 14.7. The van der Waals surface area contributed by atoms with Gasteiger partial charge in [0.05, 0.1) is 5.75 Å². The van der Waals surface area contributed by atoms with Gasteiger partial charge in [-0.05, 0) is 36.3 Å². The number of carbonyl (C=O) groups is 1. The van der Waals surface area contributed by atoms with Crippen LogP contribution in [0.2, 0.25) is 0 Å². The minimum absolute atomic E-state index is 0.141. The molecule has 0 aliphatic heterocycles. The van der Waals surface area contributed by atoms with Crippen LogP contribution in [-0.4, -0.2) is 26.3 Å². The predicted octanol–water partition coefficient (Wildman–Crippen LogP) is 4.80.